The van der Waals surface area contributed by atoms with Crippen LogP contribution in [-0.4, -0.2) is 25.7 Å². The molecule has 0 spiro atoms. The monoisotopic (exact) mass is 311 g/mol. The maximum Gasteiger partial charge on any atom is 0.416 e. The van der Waals surface area contributed by atoms with Crippen LogP contribution in [0.15, 0.2) is 29.2 Å². The fourth-order valence-corrected chi connectivity index (χ4v) is 2.97. The van der Waals surface area contributed by atoms with Crippen LogP contribution >= 0.6 is 0 Å². The standard InChI is InChI=1S/C12H16F3NO3S/c1-8(7-9(2)17)16-20(18,19)11-5-3-10(4-6-11)12(13,14)15/h3-6,8-9,16-17H,7H2,1-2H3. The summed E-state index contributed by atoms with van der Waals surface area (Å²) in [5.74, 6) is 0. The summed E-state index contributed by atoms with van der Waals surface area (Å²) in [7, 11) is -3.90. The molecule has 0 amide bonds. The molecule has 2 atom stereocenters. The highest BCUT2D eigenvalue weighted by molar-refractivity contribution is 7.89. The summed E-state index contributed by atoms with van der Waals surface area (Å²) in [6.45, 7) is 3.08. The van der Waals surface area contributed by atoms with Gasteiger partial charge in [-0.05, 0) is 44.5 Å². The molecule has 0 bridgehead atoms. The Labute approximate surface area is 115 Å². The van der Waals surface area contributed by atoms with Crippen LogP contribution in [0.2, 0.25) is 0 Å². The van der Waals surface area contributed by atoms with E-state index in [1.54, 1.807) is 6.92 Å². The summed E-state index contributed by atoms with van der Waals surface area (Å²) < 4.78 is 63.2. The van der Waals surface area contributed by atoms with Crippen molar-refractivity contribution in [3.63, 3.8) is 0 Å². The van der Waals surface area contributed by atoms with Crippen LogP contribution in [0.4, 0.5) is 13.2 Å². The van der Waals surface area contributed by atoms with Gasteiger partial charge in [-0.25, -0.2) is 13.1 Å². The van der Waals surface area contributed by atoms with Crippen molar-refractivity contribution in [2.24, 2.45) is 0 Å². The summed E-state index contributed by atoms with van der Waals surface area (Å²) in [4.78, 5) is -0.247. The van der Waals surface area contributed by atoms with Gasteiger partial charge < -0.3 is 5.11 Å². The molecule has 1 rings (SSSR count). The van der Waals surface area contributed by atoms with E-state index in [4.69, 9.17) is 5.11 Å². The van der Waals surface area contributed by atoms with Crippen LogP contribution in [0.1, 0.15) is 25.8 Å². The molecule has 0 aliphatic rings. The lowest BCUT2D eigenvalue weighted by molar-refractivity contribution is -0.137. The van der Waals surface area contributed by atoms with Crippen molar-refractivity contribution in [1.82, 2.24) is 4.72 Å². The zero-order valence-corrected chi connectivity index (χ0v) is 11.8. The van der Waals surface area contributed by atoms with E-state index in [0.29, 0.717) is 12.1 Å². The van der Waals surface area contributed by atoms with E-state index in [9.17, 15) is 21.6 Å². The van der Waals surface area contributed by atoms with Crippen molar-refractivity contribution in [3.05, 3.63) is 29.8 Å². The van der Waals surface area contributed by atoms with E-state index in [2.05, 4.69) is 4.72 Å². The number of halogens is 3. The third-order valence-electron chi connectivity index (χ3n) is 2.54. The Morgan fingerprint density at radius 2 is 1.70 bits per heavy atom. The number of aliphatic hydroxyl groups excluding tert-OH is 1. The van der Waals surface area contributed by atoms with Gasteiger partial charge in [0.1, 0.15) is 0 Å². The second-order valence-corrected chi connectivity index (χ2v) is 6.34. The molecule has 8 heteroatoms. The molecular weight excluding hydrogens is 295 g/mol. The van der Waals surface area contributed by atoms with Crippen molar-refractivity contribution < 1.29 is 26.7 Å². The molecule has 0 saturated carbocycles. The number of hydrogen-bond donors (Lipinski definition) is 2. The second-order valence-electron chi connectivity index (χ2n) is 4.63. The predicted octanol–water partition coefficient (Wildman–Crippen LogP) is 2.14. The van der Waals surface area contributed by atoms with Crippen LogP contribution < -0.4 is 4.72 Å². The molecule has 2 unspecified atom stereocenters. The van der Waals surface area contributed by atoms with Gasteiger partial charge in [0.05, 0.1) is 16.6 Å². The maximum absolute atomic E-state index is 12.4. The first kappa shape index (κ1) is 16.9. The van der Waals surface area contributed by atoms with Crippen molar-refractivity contribution in [1.29, 1.82) is 0 Å². The van der Waals surface area contributed by atoms with Gasteiger partial charge in [-0.1, -0.05) is 0 Å². The summed E-state index contributed by atoms with van der Waals surface area (Å²) in [5.41, 5.74) is -0.909. The van der Waals surface area contributed by atoms with E-state index < -0.39 is 33.9 Å². The van der Waals surface area contributed by atoms with Crippen LogP contribution in [0.25, 0.3) is 0 Å². The normalized spacial score (nSPS) is 15.9. The van der Waals surface area contributed by atoms with Crippen molar-refractivity contribution in [3.8, 4) is 0 Å². The van der Waals surface area contributed by atoms with Crippen molar-refractivity contribution >= 4 is 10.0 Å². The highest BCUT2D eigenvalue weighted by Gasteiger charge is 2.30. The van der Waals surface area contributed by atoms with Gasteiger partial charge in [-0.2, -0.15) is 13.2 Å². The van der Waals surface area contributed by atoms with E-state index in [-0.39, 0.29) is 11.3 Å². The Kier molecular flexibility index (Phi) is 5.17. The molecule has 0 radical (unpaired) electrons. The Hall–Kier alpha value is -1.12. The minimum atomic E-state index is -4.50. The van der Waals surface area contributed by atoms with Crippen LogP contribution in [0, 0.1) is 0 Å². The number of alkyl halides is 3. The SMILES string of the molecule is CC(O)CC(C)NS(=O)(=O)c1ccc(C(F)(F)F)cc1. The Balaban J connectivity index is 2.88. The maximum atomic E-state index is 12.4. The fraction of sp³-hybridized carbons (Fsp3) is 0.500. The smallest absolute Gasteiger partial charge is 0.393 e. The van der Waals surface area contributed by atoms with Gasteiger partial charge in [-0.15, -0.1) is 0 Å². The number of hydrogen-bond acceptors (Lipinski definition) is 3. The van der Waals surface area contributed by atoms with E-state index >= 15 is 0 Å². The van der Waals surface area contributed by atoms with Crippen molar-refractivity contribution in [2.75, 3.05) is 0 Å². The third kappa shape index (κ3) is 4.77. The molecule has 1 aromatic rings. The average Bonchev–Trinajstić information content (AvgIpc) is 2.26. The lowest BCUT2D eigenvalue weighted by Crippen LogP contribution is -2.34. The number of rotatable bonds is 5. The summed E-state index contributed by atoms with van der Waals surface area (Å²) >= 11 is 0. The largest absolute Gasteiger partial charge is 0.416 e. The highest BCUT2D eigenvalue weighted by Crippen LogP contribution is 2.29. The number of nitrogens with one attached hydrogen (secondary N) is 1. The predicted molar refractivity (Wildman–Crippen MR) is 67.5 cm³/mol. The molecule has 114 valence electrons. The Morgan fingerprint density at radius 3 is 2.10 bits per heavy atom. The van der Waals surface area contributed by atoms with Crippen LogP contribution in [0.5, 0.6) is 0 Å². The first-order valence-electron chi connectivity index (χ1n) is 5.90. The van der Waals surface area contributed by atoms with Gasteiger partial charge in [-0.3, -0.25) is 0 Å². The number of aliphatic hydroxyl groups is 1. The van der Waals surface area contributed by atoms with Gasteiger partial charge in [0, 0.05) is 6.04 Å². The van der Waals surface area contributed by atoms with E-state index in [0.717, 1.165) is 12.1 Å². The summed E-state index contributed by atoms with van der Waals surface area (Å²) in [6, 6.07) is 2.71. The van der Waals surface area contributed by atoms with Gasteiger partial charge >= 0.3 is 6.18 Å². The zero-order valence-electron chi connectivity index (χ0n) is 11.0. The second kappa shape index (κ2) is 6.11. The molecular formula is C12H16F3NO3S. The van der Waals surface area contributed by atoms with E-state index in [1.165, 1.54) is 6.92 Å². The minimum absolute atomic E-state index is 0.208. The first-order chi connectivity index (χ1) is 9.02. The molecule has 0 aliphatic heterocycles. The minimum Gasteiger partial charge on any atom is -0.393 e. The highest BCUT2D eigenvalue weighted by atomic mass is 32.2. The lowest BCUT2D eigenvalue weighted by atomic mass is 10.2. The molecule has 4 nitrogen and oxygen atoms in total. The molecule has 0 aromatic heterocycles. The molecule has 1 aromatic carbocycles. The molecule has 0 heterocycles. The molecule has 0 aliphatic carbocycles. The Bertz CT molecular complexity index is 538. The van der Waals surface area contributed by atoms with Gasteiger partial charge in [0.15, 0.2) is 0 Å². The van der Waals surface area contributed by atoms with Crippen LogP contribution in [0.3, 0.4) is 0 Å². The molecule has 0 fully saturated rings. The molecule has 20 heavy (non-hydrogen) atoms. The van der Waals surface area contributed by atoms with E-state index in [1.807, 2.05) is 0 Å². The molecule has 0 saturated heterocycles. The third-order valence-corrected chi connectivity index (χ3v) is 4.15. The quantitative estimate of drug-likeness (QED) is 0.875. The fourth-order valence-electron chi connectivity index (χ4n) is 1.72. The number of sulfonamides is 1. The lowest BCUT2D eigenvalue weighted by Gasteiger charge is -2.16. The van der Waals surface area contributed by atoms with Gasteiger partial charge in [0.2, 0.25) is 10.0 Å². The van der Waals surface area contributed by atoms with Crippen molar-refractivity contribution in [2.45, 2.75) is 43.5 Å². The summed E-state index contributed by atoms with van der Waals surface area (Å²) in [5, 5.41) is 9.16. The Morgan fingerprint density at radius 1 is 1.20 bits per heavy atom. The summed E-state index contributed by atoms with van der Waals surface area (Å²) in [6.07, 6.45) is -4.98. The van der Waals surface area contributed by atoms with Gasteiger partial charge in [0.25, 0.3) is 0 Å². The first-order valence-corrected chi connectivity index (χ1v) is 7.38. The molecule has 2 N–H and O–H groups in total. The number of benzene rings is 1. The zero-order chi connectivity index (χ0) is 15.6. The van der Waals surface area contributed by atoms with Crippen LogP contribution in [-0.2, 0) is 16.2 Å². The average molecular weight is 311 g/mol. The topological polar surface area (TPSA) is 66.4 Å².